The first-order valence-electron chi connectivity index (χ1n) is 20.7. The summed E-state index contributed by atoms with van der Waals surface area (Å²) in [5.41, 5.74) is 6.39. The van der Waals surface area contributed by atoms with Gasteiger partial charge in [-0.2, -0.15) is 0 Å². The average Bonchev–Trinajstić information content (AvgIpc) is 3.29. The number of nitrogens with one attached hydrogen (secondary N) is 2. The fourth-order valence-corrected chi connectivity index (χ4v) is 9.40. The molecule has 2 N–H and O–H groups in total. The molecule has 6 aromatic carbocycles. The average molecular weight is 735 g/mol. The minimum absolute atomic E-state index is 0.146. The Bertz CT molecular complexity index is 1770. The first-order valence-corrected chi connectivity index (χ1v) is 20.7. The van der Waals surface area contributed by atoms with E-state index in [2.05, 4.69) is 193 Å². The maximum atomic E-state index is 5.30. The standard InChI is InChI=1S/C52H54N4/c1-7-23-41(24-8-1)51(42-25-9-2-10-26-42,43-27-11-3-12-28-43)55-49-37-21-19-35-47(49)53-39-40-54-48-36-20-22-38-50(48)56-52(44-29-13-4-14-30-44,45-31-15-5-16-32-45)46-33-17-6-18-34-46/h1-18,23-34,39-40,47-50,55-56H,19-22,35-38H2/t47-,48?,49+,50+/m1/s1. The molecule has 2 saturated carbocycles. The molecule has 0 radical (unpaired) electrons. The van der Waals surface area contributed by atoms with Crippen LogP contribution in [-0.2, 0) is 11.1 Å². The van der Waals surface area contributed by atoms with Gasteiger partial charge in [0.05, 0.1) is 23.2 Å². The van der Waals surface area contributed by atoms with E-state index < -0.39 is 11.1 Å². The normalized spacial score (nSPS) is 20.6. The van der Waals surface area contributed by atoms with Gasteiger partial charge in [0.2, 0.25) is 0 Å². The van der Waals surface area contributed by atoms with E-state index in [0.717, 1.165) is 25.7 Å². The Labute approximate surface area is 333 Å². The molecule has 0 heterocycles. The first-order chi connectivity index (χ1) is 27.8. The molecule has 282 valence electrons. The highest BCUT2D eigenvalue weighted by molar-refractivity contribution is 6.16. The van der Waals surface area contributed by atoms with E-state index in [4.69, 9.17) is 9.98 Å². The molecule has 0 spiro atoms. The highest BCUT2D eigenvalue weighted by Gasteiger charge is 2.42. The van der Waals surface area contributed by atoms with Crippen LogP contribution < -0.4 is 10.6 Å². The number of nitrogens with zero attached hydrogens (tertiary/aromatic N) is 2. The summed E-state index contributed by atoms with van der Waals surface area (Å²) >= 11 is 0. The van der Waals surface area contributed by atoms with Crippen LogP contribution in [0.25, 0.3) is 0 Å². The maximum Gasteiger partial charge on any atom is 0.0950 e. The predicted molar refractivity (Wildman–Crippen MR) is 234 cm³/mol. The lowest BCUT2D eigenvalue weighted by molar-refractivity contribution is 0.281. The molecule has 4 heteroatoms. The van der Waals surface area contributed by atoms with Gasteiger partial charge >= 0.3 is 0 Å². The zero-order valence-corrected chi connectivity index (χ0v) is 32.3. The van der Waals surface area contributed by atoms with E-state index in [9.17, 15) is 0 Å². The number of rotatable bonds is 13. The second-order valence-corrected chi connectivity index (χ2v) is 15.5. The van der Waals surface area contributed by atoms with Gasteiger partial charge in [-0.3, -0.25) is 20.6 Å². The lowest BCUT2D eigenvalue weighted by Gasteiger charge is -2.43. The summed E-state index contributed by atoms with van der Waals surface area (Å²) in [4.78, 5) is 10.6. The molecular weight excluding hydrogens is 681 g/mol. The zero-order chi connectivity index (χ0) is 37.9. The molecule has 0 aromatic heterocycles. The maximum absolute atomic E-state index is 5.30. The highest BCUT2D eigenvalue weighted by atomic mass is 15.1. The Morgan fingerprint density at radius 2 is 0.571 bits per heavy atom. The summed E-state index contributed by atoms with van der Waals surface area (Å²) in [6.07, 6.45) is 13.0. The Kier molecular flexibility index (Phi) is 12.1. The van der Waals surface area contributed by atoms with Crippen molar-refractivity contribution in [1.29, 1.82) is 0 Å². The Morgan fingerprint density at radius 3 is 0.821 bits per heavy atom. The smallest absolute Gasteiger partial charge is 0.0950 e. The summed E-state index contributed by atoms with van der Waals surface area (Å²) in [6, 6.07) is 66.3. The Morgan fingerprint density at radius 1 is 0.339 bits per heavy atom. The van der Waals surface area contributed by atoms with Crippen LogP contribution in [0.1, 0.15) is 84.7 Å². The van der Waals surface area contributed by atoms with Gasteiger partial charge in [-0.05, 0) is 59.1 Å². The van der Waals surface area contributed by atoms with Gasteiger partial charge in [-0.15, -0.1) is 0 Å². The number of aliphatic imine (C=N–C) groups is 2. The van der Waals surface area contributed by atoms with Crippen molar-refractivity contribution in [3.63, 3.8) is 0 Å². The Hall–Kier alpha value is -5.42. The van der Waals surface area contributed by atoms with Crippen molar-refractivity contribution in [2.45, 2.75) is 86.6 Å². The topological polar surface area (TPSA) is 48.8 Å². The second-order valence-electron chi connectivity index (χ2n) is 15.5. The van der Waals surface area contributed by atoms with Crippen LogP contribution in [0.5, 0.6) is 0 Å². The van der Waals surface area contributed by atoms with Crippen LogP contribution in [0.15, 0.2) is 192 Å². The molecule has 6 aromatic rings. The second kappa shape index (κ2) is 18.0. The molecule has 1 unspecified atom stereocenters. The van der Waals surface area contributed by atoms with Crippen molar-refractivity contribution in [1.82, 2.24) is 10.6 Å². The molecule has 0 saturated heterocycles. The molecule has 0 bridgehead atoms. The van der Waals surface area contributed by atoms with Crippen LogP contribution in [0, 0.1) is 0 Å². The van der Waals surface area contributed by atoms with Gasteiger partial charge in [-0.25, -0.2) is 0 Å². The van der Waals surface area contributed by atoms with E-state index >= 15 is 0 Å². The molecule has 2 fully saturated rings. The summed E-state index contributed by atoms with van der Waals surface area (Å²) in [5, 5.41) is 8.54. The third-order valence-electron chi connectivity index (χ3n) is 12.1. The molecule has 2 aliphatic carbocycles. The van der Waals surface area contributed by atoms with Crippen molar-refractivity contribution in [2.24, 2.45) is 9.98 Å². The fraction of sp³-hybridized carbons (Fsp3) is 0.269. The molecule has 4 nitrogen and oxygen atoms in total. The van der Waals surface area contributed by atoms with Gasteiger partial charge in [0.15, 0.2) is 0 Å². The van der Waals surface area contributed by atoms with Crippen LogP contribution in [0.4, 0.5) is 0 Å². The third kappa shape index (κ3) is 7.95. The number of hydrogen-bond acceptors (Lipinski definition) is 4. The lowest BCUT2D eigenvalue weighted by atomic mass is 9.75. The first kappa shape index (κ1) is 37.5. The molecule has 8 rings (SSSR count). The van der Waals surface area contributed by atoms with Crippen LogP contribution >= 0.6 is 0 Å². The molecule has 2 aliphatic rings. The molecule has 4 atom stereocenters. The summed E-state index contributed by atoms with van der Waals surface area (Å²) in [6.45, 7) is 0. The van der Waals surface area contributed by atoms with Crippen LogP contribution in [0.2, 0.25) is 0 Å². The largest absolute Gasteiger partial charge is 0.295 e. The minimum Gasteiger partial charge on any atom is -0.295 e. The van der Waals surface area contributed by atoms with E-state index in [1.54, 1.807) is 0 Å². The van der Waals surface area contributed by atoms with Crippen molar-refractivity contribution >= 4 is 12.4 Å². The van der Waals surface area contributed by atoms with Gasteiger partial charge in [0, 0.05) is 24.5 Å². The van der Waals surface area contributed by atoms with Gasteiger partial charge in [0.25, 0.3) is 0 Å². The predicted octanol–water partition coefficient (Wildman–Crippen LogP) is 10.9. The Balaban J connectivity index is 1.08. The molecular formula is C52H54N4. The van der Waals surface area contributed by atoms with Crippen molar-refractivity contribution in [3.8, 4) is 0 Å². The molecule has 56 heavy (non-hydrogen) atoms. The van der Waals surface area contributed by atoms with Gasteiger partial charge < -0.3 is 0 Å². The van der Waals surface area contributed by atoms with E-state index in [0.29, 0.717) is 0 Å². The van der Waals surface area contributed by atoms with Crippen molar-refractivity contribution in [2.75, 3.05) is 0 Å². The fourth-order valence-electron chi connectivity index (χ4n) is 9.40. The van der Waals surface area contributed by atoms with E-state index in [-0.39, 0.29) is 24.2 Å². The lowest BCUT2D eigenvalue weighted by Crippen LogP contribution is -2.54. The van der Waals surface area contributed by atoms with Crippen molar-refractivity contribution in [3.05, 3.63) is 215 Å². The zero-order valence-electron chi connectivity index (χ0n) is 32.3. The monoisotopic (exact) mass is 734 g/mol. The minimum atomic E-state index is -0.516. The van der Waals surface area contributed by atoms with Gasteiger partial charge in [-0.1, -0.05) is 208 Å². The van der Waals surface area contributed by atoms with Gasteiger partial charge in [0.1, 0.15) is 0 Å². The molecule has 0 amide bonds. The number of benzene rings is 6. The van der Waals surface area contributed by atoms with Crippen molar-refractivity contribution < 1.29 is 0 Å². The summed E-state index contributed by atoms with van der Waals surface area (Å²) < 4.78 is 0. The van der Waals surface area contributed by atoms with Crippen LogP contribution in [-0.4, -0.2) is 36.6 Å². The quantitative estimate of drug-likeness (QED) is 0.0917. The third-order valence-corrected chi connectivity index (χ3v) is 12.1. The van der Waals surface area contributed by atoms with E-state index in [1.165, 1.54) is 59.1 Å². The SMILES string of the molecule is C(C=N[C@@H]1CCCC[C@@H]1NC(c1ccccc1)(c1ccccc1)c1ccccc1)=NC1CCCC[C@@H]1NC(c1ccccc1)(c1ccccc1)c1ccccc1. The molecule has 0 aliphatic heterocycles. The summed E-state index contributed by atoms with van der Waals surface area (Å²) in [7, 11) is 0. The highest BCUT2D eigenvalue weighted by Crippen LogP contribution is 2.41. The van der Waals surface area contributed by atoms with Crippen LogP contribution in [0.3, 0.4) is 0 Å². The van der Waals surface area contributed by atoms with E-state index in [1.807, 2.05) is 12.4 Å². The summed E-state index contributed by atoms with van der Waals surface area (Å²) in [5.74, 6) is 0. The number of hydrogen-bond donors (Lipinski definition) is 2.